The fourth-order valence-electron chi connectivity index (χ4n) is 3.85. The number of allylic oxidation sites excluding steroid dienone is 1. The summed E-state index contributed by atoms with van der Waals surface area (Å²) in [5.74, 6) is 0.644. The number of rotatable bonds is 4. The van der Waals surface area contributed by atoms with Gasteiger partial charge in [0.2, 0.25) is 5.88 Å². The maximum atomic E-state index is 5.25. The molecule has 6 nitrogen and oxygen atoms in total. The van der Waals surface area contributed by atoms with Crippen LogP contribution in [0, 0.1) is 6.92 Å². The molecule has 0 N–H and O–H groups in total. The molecule has 0 bridgehead atoms. The molecule has 1 aliphatic heterocycles. The van der Waals surface area contributed by atoms with Gasteiger partial charge in [-0.25, -0.2) is 9.99 Å². The van der Waals surface area contributed by atoms with Crippen LogP contribution in [0.25, 0.3) is 10.9 Å². The summed E-state index contributed by atoms with van der Waals surface area (Å²) >= 11 is 0. The van der Waals surface area contributed by atoms with Gasteiger partial charge in [0.1, 0.15) is 0 Å². The second-order valence-electron chi connectivity index (χ2n) is 7.08. The first-order valence-corrected chi connectivity index (χ1v) is 9.09. The molecule has 0 saturated heterocycles. The minimum atomic E-state index is 0.206. The van der Waals surface area contributed by atoms with E-state index in [9.17, 15) is 0 Å². The summed E-state index contributed by atoms with van der Waals surface area (Å²) in [5.41, 5.74) is 5.91. The van der Waals surface area contributed by atoms with Crippen molar-refractivity contribution in [2.75, 3.05) is 14.2 Å². The van der Waals surface area contributed by atoms with E-state index in [1.807, 2.05) is 23.9 Å². The van der Waals surface area contributed by atoms with Crippen LogP contribution in [-0.2, 0) is 13.6 Å². The zero-order chi connectivity index (χ0) is 19.1. The Morgan fingerprint density at radius 3 is 2.70 bits per heavy atom. The van der Waals surface area contributed by atoms with Gasteiger partial charge in [-0.3, -0.25) is 4.68 Å². The van der Waals surface area contributed by atoms with E-state index in [0.717, 1.165) is 12.2 Å². The number of benzene rings is 1. The van der Waals surface area contributed by atoms with Crippen molar-refractivity contribution in [2.24, 2.45) is 7.05 Å². The first kappa shape index (κ1) is 17.5. The van der Waals surface area contributed by atoms with Crippen molar-refractivity contribution in [3.63, 3.8) is 0 Å². The molecule has 27 heavy (non-hydrogen) atoms. The Kier molecular flexibility index (Phi) is 4.36. The lowest BCUT2D eigenvalue weighted by atomic mass is 10.0. The molecular weight excluding hydrogens is 338 g/mol. The molecule has 0 fully saturated rings. The molecule has 0 radical (unpaired) electrons. The SMILES string of the molecule is COc1cc(CN2C(C)=CC(c3ccc4c(c3)c(C)nn4C)N2C)ccn1. The number of hydrogen-bond acceptors (Lipinski definition) is 5. The van der Waals surface area contributed by atoms with Crippen LogP contribution in [0.15, 0.2) is 48.3 Å². The third-order valence-electron chi connectivity index (χ3n) is 5.33. The lowest BCUT2D eigenvalue weighted by Crippen LogP contribution is -2.34. The van der Waals surface area contributed by atoms with Crippen molar-refractivity contribution in [1.29, 1.82) is 0 Å². The number of methoxy groups -OCH3 is 1. The van der Waals surface area contributed by atoms with Crippen molar-refractivity contribution in [3.05, 3.63) is 65.1 Å². The van der Waals surface area contributed by atoms with Crippen LogP contribution in [0.2, 0.25) is 0 Å². The van der Waals surface area contributed by atoms with Crippen LogP contribution in [0.5, 0.6) is 5.88 Å². The Bertz CT molecular complexity index is 1020. The fraction of sp³-hybridized carbons (Fsp3) is 0.333. The number of aryl methyl sites for hydroxylation is 2. The smallest absolute Gasteiger partial charge is 0.213 e. The van der Waals surface area contributed by atoms with Crippen LogP contribution >= 0.6 is 0 Å². The van der Waals surface area contributed by atoms with Gasteiger partial charge in [-0.05, 0) is 49.2 Å². The average Bonchev–Trinajstić information content (AvgIpc) is 3.11. The number of nitrogens with zero attached hydrogens (tertiary/aromatic N) is 5. The molecule has 0 saturated carbocycles. The highest BCUT2D eigenvalue weighted by Gasteiger charge is 2.28. The molecule has 0 amide bonds. The van der Waals surface area contributed by atoms with Crippen LogP contribution in [-0.4, -0.2) is 38.9 Å². The molecule has 3 aromatic rings. The lowest BCUT2D eigenvalue weighted by Gasteiger charge is -2.32. The normalized spacial score (nSPS) is 17.6. The average molecular weight is 363 g/mol. The number of hydrogen-bond donors (Lipinski definition) is 0. The third kappa shape index (κ3) is 3.06. The quantitative estimate of drug-likeness (QED) is 0.709. The third-order valence-corrected chi connectivity index (χ3v) is 5.33. The zero-order valence-electron chi connectivity index (χ0n) is 16.5. The summed E-state index contributed by atoms with van der Waals surface area (Å²) in [7, 11) is 5.77. The van der Waals surface area contributed by atoms with Gasteiger partial charge in [0.05, 0.1) is 30.9 Å². The van der Waals surface area contributed by atoms with E-state index >= 15 is 0 Å². The standard InChI is InChI=1S/C21H25N5O/c1-14-10-20(17-6-7-19-18(12-17)15(2)23-24(19)3)25(4)26(14)13-16-8-9-22-21(11-16)27-5/h6-12,20H,13H2,1-5H3. The number of hydrazine groups is 1. The van der Waals surface area contributed by atoms with Gasteiger partial charge in [0.15, 0.2) is 0 Å². The second-order valence-corrected chi connectivity index (χ2v) is 7.08. The molecule has 0 spiro atoms. The highest BCUT2D eigenvalue weighted by molar-refractivity contribution is 5.82. The second kappa shape index (κ2) is 6.70. The van der Waals surface area contributed by atoms with Crippen molar-refractivity contribution < 1.29 is 4.74 Å². The van der Waals surface area contributed by atoms with Gasteiger partial charge in [-0.15, -0.1) is 0 Å². The number of likely N-dealkylation sites (N-methyl/N-ethyl adjacent to an activating group) is 1. The van der Waals surface area contributed by atoms with E-state index in [-0.39, 0.29) is 6.04 Å². The Morgan fingerprint density at radius 2 is 1.93 bits per heavy atom. The molecule has 4 rings (SSSR count). The van der Waals surface area contributed by atoms with Gasteiger partial charge in [-0.2, -0.15) is 5.10 Å². The zero-order valence-corrected chi connectivity index (χ0v) is 16.5. The highest BCUT2D eigenvalue weighted by Crippen LogP contribution is 2.35. The van der Waals surface area contributed by atoms with Gasteiger partial charge >= 0.3 is 0 Å². The predicted molar refractivity (Wildman–Crippen MR) is 106 cm³/mol. The molecule has 1 aliphatic rings. The van der Waals surface area contributed by atoms with Crippen molar-refractivity contribution in [3.8, 4) is 5.88 Å². The summed E-state index contributed by atoms with van der Waals surface area (Å²) in [6.45, 7) is 5.00. The van der Waals surface area contributed by atoms with E-state index in [1.54, 1.807) is 13.3 Å². The molecule has 2 aromatic heterocycles. The minimum Gasteiger partial charge on any atom is -0.481 e. The molecule has 140 valence electrons. The number of ether oxygens (including phenoxy) is 1. The topological polar surface area (TPSA) is 46.4 Å². The minimum absolute atomic E-state index is 0.206. The van der Waals surface area contributed by atoms with Crippen molar-refractivity contribution >= 4 is 10.9 Å². The first-order chi connectivity index (χ1) is 13.0. The molecule has 6 heteroatoms. The number of pyridine rings is 1. The summed E-state index contributed by atoms with van der Waals surface area (Å²) in [6.07, 6.45) is 4.10. The number of fused-ring (bicyclic) bond motifs is 1. The van der Waals surface area contributed by atoms with Crippen LogP contribution in [0.3, 0.4) is 0 Å². The predicted octanol–water partition coefficient (Wildman–Crippen LogP) is 3.59. The maximum Gasteiger partial charge on any atom is 0.213 e. The molecule has 1 unspecified atom stereocenters. The fourth-order valence-corrected chi connectivity index (χ4v) is 3.85. The van der Waals surface area contributed by atoms with Crippen molar-refractivity contribution in [2.45, 2.75) is 26.4 Å². The molecular formula is C21H25N5O. The van der Waals surface area contributed by atoms with Gasteiger partial charge in [0.25, 0.3) is 0 Å². The van der Waals surface area contributed by atoms with Crippen LogP contribution in [0.1, 0.15) is 29.8 Å². The van der Waals surface area contributed by atoms with E-state index in [4.69, 9.17) is 4.74 Å². The summed E-state index contributed by atoms with van der Waals surface area (Å²) in [6, 6.07) is 10.9. The number of aromatic nitrogens is 3. The molecule has 3 heterocycles. The molecule has 1 aromatic carbocycles. The maximum absolute atomic E-state index is 5.25. The van der Waals surface area contributed by atoms with Gasteiger partial charge in [-0.1, -0.05) is 6.07 Å². The van der Waals surface area contributed by atoms with Crippen LogP contribution in [0.4, 0.5) is 0 Å². The highest BCUT2D eigenvalue weighted by atomic mass is 16.5. The Labute approximate surface area is 159 Å². The van der Waals surface area contributed by atoms with Gasteiger partial charge < -0.3 is 9.75 Å². The Balaban J connectivity index is 1.61. The first-order valence-electron chi connectivity index (χ1n) is 9.09. The van der Waals surface area contributed by atoms with Gasteiger partial charge in [0, 0.05) is 37.4 Å². The monoisotopic (exact) mass is 363 g/mol. The van der Waals surface area contributed by atoms with E-state index in [2.05, 4.69) is 65.3 Å². The Hall–Kier alpha value is -2.86. The molecule has 1 atom stereocenters. The Morgan fingerprint density at radius 1 is 1.11 bits per heavy atom. The summed E-state index contributed by atoms with van der Waals surface area (Å²) < 4.78 is 7.19. The summed E-state index contributed by atoms with van der Waals surface area (Å²) in [5, 5.41) is 10.3. The van der Waals surface area contributed by atoms with E-state index in [1.165, 1.54) is 27.7 Å². The largest absolute Gasteiger partial charge is 0.481 e. The summed E-state index contributed by atoms with van der Waals surface area (Å²) in [4.78, 5) is 4.20. The van der Waals surface area contributed by atoms with Crippen molar-refractivity contribution in [1.82, 2.24) is 24.8 Å². The van der Waals surface area contributed by atoms with Crippen LogP contribution < -0.4 is 4.74 Å². The lowest BCUT2D eigenvalue weighted by molar-refractivity contribution is 0.0269. The molecule has 0 aliphatic carbocycles. The van der Waals surface area contributed by atoms with E-state index < -0.39 is 0 Å². The van der Waals surface area contributed by atoms with E-state index in [0.29, 0.717) is 5.88 Å².